The number of morpholine rings is 1. The molecule has 0 aliphatic carbocycles. The number of likely N-dealkylation sites (tertiary alicyclic amines) is 1. The first-order valence-corrected chi connectivity index (χ1v) is 7.40. The molecule has 3 atom stereocenters. The van der Waals surface area contributed by atoms with E-state index in [0.717, 1.165) is 43.9 Å². The number of nitrogens with one attached hydrogen (secondary N) is 1. The quantitative estimate of drug-likeness (QED) is 0.821. The number of amides is 2. The number of urea groups is 1. The van der Waals surface area contributed by atoms with Gasteiger partial charge in [-0.05, 0) is 19.8 Å². The lowest BCUT2D eigenvalue weighted by molar-refractivity contribution is 0.0437. The molecule has 2 amide bonds. The van der Waals surface area contributed by atoms with E-state index in [4.69, 9.17) is 4.74 Å². The SMILES string of the molecule is Cc1cn2c(n1)CCC(NC(=O)N1C[C@@H]3C[C@H]1CO3)C2. The van der Waals surface area contributed by atoms with E-state index >= 15 is 0 Å². The molecule has 0 spiro atoms. The number of carbonyl (C=O) groups is 1. The molecule has 2 bridgehead atoms. The second-order valence-electron chi connectivity index (χ2n) is 6.13. The van der Waals surface area contributed by atoms with Gasteiger partial charge >= 0.3 is 6.03 Å². The fraction of sp³-hybridized carbons (Fsp3) is 0.714. The molecule has 0 radical (unpaired) electrons. The molecule has 0 aromatic carbocycles. The summed E-state index contributed by atoms with van der Waals surface area (Å²) in [6.45, 7) is 4.30. The Hall–Kier alpha value is -1.56. The Balaban J connectivity index is 1.39. The highest BCUT2D eigenvalue weighted by atomic mass is 16.5. The molecule has 20 heavy (non-hydrogen) atoms. The number of hydrogen-bond acceptors (Lipinski definition) is 3. The molecule has 1 N–H and O–H groups in total. The van der Waals surface area contributed by atoms with Gasteiger partial charge in [-0.1, -0.05) is 0 Å². The Kier molecular flexibility index (Phi) is 2.73. The molecule has 2 fully saturated rings. The van der Waals surface area contributed by atoms with Gasteiger partial charge in [-0.3, -0.25) is 0 Å². The first-order valence-electron chi connectivity index (χ1n) is 7.40. The van der Waals surface area contributed by atoms with Crippen LogP contribution in [0.15, 0.2) is 6.20 Å². The highest BCUT2D eigenvalue weighted by molar-refractivity contribution is 5.75. The van der Waals surface area contributed by atoms with Gasteiger partial charge in [0.05, 0.1) is 24.4 Å². The van der Waals surface area contributed by atoms with E-state index in [0.29, 0.717) is 6.61 Å². The van der Waals surface area contributed by atoms with Gasteiger partial charge in [-0.15, -0.1) is 0 Å². The number of rotatable bonds is 1. The minimum Gasteiger partial charge on any atom is -0.374 e. The number of ether oxygens (including phenoxy) is 1. The number of fused-ring (bicyclic) bond motifs is 3. The summed E-state index contributed by atoms with van der Waals surface area (Å²) >= 11 is 0. The van der Waals surface area contributed by atoms with Gasteiger partial charge in [-0.2, -0.15) is 0 Å². The molecule has 4 heterocycles. The van der Waals surface area contributed by atoms with Gasteiger partial charge in [0, 0.05) is 31.7 Å². The van der Waals surface area contributed by atoms with Crippen molar-refractivity contribution in [2.75, 3.05) is 13.2 Å². The van der Waals surface area contributed by atoms with Gasteiger partial charge in [0.1, 0.15) is 5.82 Å². The summed E-state index contributed by atoms with van der Waals surface area (Å²) in [6, 6.07) is 0.573. The van der Waals surface area contributed by atoms with E-state index in [9.17, 15) is 4.79 Å². The Bertz CT molecular complexity index is 541. The molecule has 3 aliphatic heterocycles. The molecule has 4 rings (SSSR count). The first-order chi connectivity index (χ1) is 9.69. The van der Waals surface area contributed by atoms with Crippen LogP contribution >= 0.6 is 0 Å². The molecule has 0 saturated carbocycles. The number of imidazole rings is 1. The molecule has 6 nitrogen and oxygen atoms in total. The number of nitrogens with zero attached hydrogens (tertiary/aromatic N) is 3. The zero-order valence-electron chi connectivity index (χ0n) is 11.7. The van der Waals surface area contributed by atoms with Crippen LogP contribution < -0.4 is 5.32 Å². The molecule has 108 valence electrons. The lowest BCUT2D eigenvalue weighted by atomic mass is 10.1. The zero-order valence-corrected chi connectivity index (χ0v) is 11.7. The van der Waals surface area contributed by atoms with Gasteiger partial charge in [0.15, 0.2) is 0 Å². The number of aryl methyl sites for hydroxylation is 2. The maximum absolute atomic E-state index is 12.4. The summed E-state index contributed by atoms with van der Waals surface area (Å²) in [5.74, 6) is 1.14. The molecular weight excluding hydrogens is 256 g/mol. The predicted octanol–water partition coefficient (Wildman–Crippen LogP) is 0.689. The van der Waals surface area contributed by atoms with Crippen LogP contribution in [-0.4, -0.2) is 51.8 Å². The summed E-state index contributed by atoms with van der Waals surface area (Å²) in [5.41, 5.74) is 1.06. The number of hydrogen-bond donors (Lipinski definition) is 1. The van der Waals surface area contributed by atoms with Crippen molar-refractivity contribution in [1.82, 2.24) is 19.8 Å². The van der Waals surface area contributed by atoms with E-state index in [1.165, 1.54) is 0 Å². The average molecular weight is 276 g/mol. The van der Waals surface area contributed by atoms with Crippen molar-refractivity contribution in [1.29, 1.82) is 0 Å². The summed E-state index contributed by atoms with van der Waals surface area (Å²) in [6.07, 6.45) is 5.25. The largest absolute Gasteiger partial charge is 0.374 e. The maximum atomic E-state index is 12.4. The van der Waals surface area contributed by atoms with Crippen molar-refractivity contribution in [3.8, 4) is 0 Å². The molecule has 1 aromatic heterocycles. The third-order valence-electron chi connectivity index (χ3n) is 4.60. The molecular formula is C14H20N4O2. The Morgan fingerprint density at radius 2 is 2.40 bits per heavy atom. The fourth-order valence-corrected chi connectivity index (χ4v) is 3.61. The molecule has 6 heteroatoms. The van der Waals surface area contributed by atoms with Gasteiger partial charge < -0.3 is 19.5 Å². The van der Waals surface area contributed by atoms with Gasteiger partial charge in [0.2, 0.25) is 0 Å². The number of aromatic nitrogens is 2. The van der Waals surface area contributed by atoms with E-state index in [2.05, 4.69) is 21.1 Å². The smallest absolute Gasteiger partial charge is 0.318 e. The topological polar surface area (TPSA) is 59.4 Å². The standard InChI is InChI=1S/C14H20N4O2/c1-9-5-17-6-10(2-3-13(17)15-9)16-14(19)18-7-12-4-11(18)8-20-12/h5,10-12H,2-4,6-8H2,1H3,(H,16,19)/t10?,11-,12-/m0/s1. The first kappa shape index (κ1) is 12.2. The maximum Gasteiger partial charge on any atom is 0.318 e. The van der Waals surface area contributed by atoms with Crippen molar-refractivity contribution in [2.45, 2.75) is 50.9 Å². The fourth-order valence-electron chi connectivity index (χ4n) is 3.61. The number of carbonyl (C=O) groups excluding carboxylic acids is 1. The van der Waals surface area contributed by atoms with Crippen molar-refractivity contribution in [2.24, 2.45) is 0 Å². The highest BCUT2D eigenvalue weighted by Crippen LogP contribution is 2.27. The van der Waals surface area contributed by atoms with Crippen LogP contribution in [0.25, 0.3) is 0 Å². The Morgan fingerprint density at radius 3 is 3.15 bits per heavy atom. The van der Waals surface area contributed by atoms with Crippen molar-refractivity contribution >= 4 is 6.03 Å². The molecule has 2 saturated heterocycles. The monoisotopic (exact) mass is 276 g/mol. The van der Waals surface area contributed by atoms with Gasteiger partial charge in [-0.25, -0.2) is 9.78 Å². The van der Waals surface area contributed by atoms with Crippen molar-refractivity contribution < 1.29 is 9.53 Å². The Labute approximate surface area is 118 Å². The zero-order chi connectivity index (χ0) is 13.7. The summed E-state index contributed by atoms with van der Waals surface area (Å²) < 4.78 is 7.71. The van der Waals surface area contributed by atoms with Crippen LogP contribution in [0.3, 0.4) is 0 Å². The normalized spacial score (nSPS) is 31.4. The molecule has 1 aromatic rings. The van der Waals surface area contributed by atoms with Crippen LogP contribution in [0.4, 0.5) is 4.79 Å². The lowest BCUT2D eigenvalue weighted by Gasteiger charge is -2.31. The van der Waals surface area contributed by atoms with E-state index in [1.807, 2.05) is 11.8 Å². The molecule has 3 aliphatic rings. The van der Waals surface area contributed by atoms with Crippen LogP contribution in [0.1, 0.15) is 24.4 Å². The van der Waals surface area contributed by atoms with E-state index in [1.54, 1.807) is 0 Å². The molecule has 1 unspecified atom stereocenters. The summed E-state index contributed by atoms with van der Waals surface area (Å²) in [7, 11) is 0. The highest BCUT2D eigenvalue weighted by Gasteiger charge is 2.41. The van der Waals surface area contributed by atoms with E-state index in [-0.39, 0.29) is 24.2 Å². The lowest BCUT2D eigenvalue weighted by Crippen LogP contribution is -2.51. The van der Waals surface area contributed by atoms with Crippen LogP contribution in [0.5, 0.6) is 0 Å². The van der Waals surface area contributed by atoms with Crippen molar-refractivity contribution in [3.63, 3.8) is 0 Å². The summed E-state index contributed by atoms with van der Waals surface area (Å²) in [5, 5.41) is 3.18. The Morgan fingerprint density at radius 1 is 1.50 bits per heavy atom. The predicted molar refractivity (Wildman–Crippen MR) is 72.5 cm³/mol. The second-order valence-corrected chi connectivity index (χ2v) is 6.13. The van der Waals surface area contributed by atoms with Crippen LogP contribution in [0, 0.1) is 6.92 Å². The average Bonchev–Trinajstić information content (AvgIpc) is 3.11. The minimum absolute atomic E-state index is 0.0751. The van der Waals surface area contributed by atoms with Crippen molar-refractivity contribution in [3.05, 3.63) is 17.7 Å². The summed E-state index contributed by atoms with van der Waals surface area (Å²) in [4.78, 5) is 18.8. The van der Waals surface area contributed by atoms with Gasteiger partial charge in [0.25, 0.3) is 0 Å². The van der Waals surface area contributed by atoms with Crippen LogP contribution in [-0.2, 0) is 17.7 Å². The minimum atomic E-state index is 0.0751. The third kappa shape index (κ3) is 1.98. The van der Waals surface area contributed by atoms with E-state index < -0.39 is 0 Å². The second kappa shape index (κ2) is 4.48. The third-order valence-corrected chi connectivity index (χ3v) is 4.60. The van der Waals surface area contributed by atoms with Crippen LogP contribution in [0.2, 0.25) is 0 Å².